The first-order valence-electron chi connectivity index (χ1n) is 12.0. The second kappa shape index (κ2) is 10.9. The first-order valence-corrected chi connectivity index (χ1v) is 12.9. The molecule has 11 heteroatoms. The molecule has 2 aliphatic heterocycles. The molecule has 2 amide bonds. The summed E-state index contributed by atoms with van der Waals surface area (Å²) < 4.78 is 44.3. The van der Waals surface area contributed by atoms with Crippen molar-refractivity contribution >= 4 is 40.1 Å². The predicted molar refractivity (Wildman–Crippen MR) is 144 cm³/mol. The van der Waals surface area contributed by atoms with E-state index in [2.05, 4.69) is 10.3 Å². The highest BCUT2D eigenvalue weighted by molar-refractivity contribution is 8.15. The minimum Gasteiger partial charge on any atom is -0.497 e. The van der Waals surface area contributed by atoms with E-state index in [0.717, 1.165) is 40.7 Å². The Morgan fingerprint density at radius 2 is 1.82 bits per heavy atom. The summed E-state index contributed by atoms with van der Waals surface area (Å²) in [7, 11) is 1.59. The largest absolute Gasteiger partial charge is 0.497 e. The SMILES string of the molecule is COc1ccc(C2CC(c3ccccc3)=NN2C2=NC(=O)C(CC(=O)Nc3cccc(C(F)(F)F)c3)S2)cc1. The number of methoxy groups -OCH3 is 1. The number of benzene rings is 3. The summed E-state index contributed by atoms with van der Waals surface area (Å²) in [5, 5.41) is 8.50. The van der Waals surface area contributed by atoms with Crippen LogP contribution in [0.4, 0.5) is 18.9 Å². The standard InChI is InChI=1S/C28H23F3N4O3S/c1-38-21-12-10-18(11-13-21)23-15-22(17-6-3-2-4-7-17)34-35(23)27-33-26(37)24(39-27)16-25(36)32-20-9-5-8-19(14-20)28(29,30)31/h2-14,23-24H,15-16H2,1H3,(H,32,36). The van der Waals surface area contributed by atoms with Crippen LogP contribution in [0.1, 0.15) is 35.6 Å². The van der Waals surface area contributed by atoms with Crippen molar-refractivity contribution in [2.24, 2.45) is 10.1 Å². The summed E-state index contributed by atoms with van der Waals surface area (Å²) in [6.07, 6.45) is -4.20. The van der Waals surface area contributed by atoms with Crippen LogP contribution in [-0.4, -0.2) is 40.1 Å². The van der Waals surface area contributed by atoms with Gasteiger partial charge in [-0.3, -0.25) is 9.59 Å². The second-order valence-corrected chi connectivity index (χ2v) is 10.1. The number of nitrogens with zero attached hydrogens (tertiary/aromatic N) is 3. The van der Waals surface area contributed by atoms with Crippen molar-refractivity contribution in [3.63, 3.8) is 0 Å². The summed E-state index contributed by atoms with van der Waals surface area (Å²) >= 11 is 1.12. The molecular weight excluding hydrogens is 529 g/mol. The minimum atomic E-state index is -4.53. The van der Waals surface area contributed by atoms with E-state index in [0.29, 0.717) is 17.3 Å². The Morgan fingerprint density at radius 1 is 1.08 bits per heavy atom. The number of hydrogen-bond acceptors (Lipinski definition) is 6. The van der Waals surface area contributed by atoms with Crippen LogP contribution >= 0.6 is 11.8 Å². The fourth-order valence-electron chi connectivity index (χ4n) is 4.34. The molecule has 39 heavy (non-hydrogen) atoms. The molecule has 0 spiro atoms. The monoisotopic (exact) mass is 552 g/mol. The number of aliphatic imine (C=N–C) groups is 1. The number of alkyl halides is 3. The summed E-state index contributed by atoms with van der Waals surface area (Å²) in [6.45, 7) is 0. The molecule has 2 atom stereocenters. The van der Waals surface area contributed by atoms with Crippen LogP contribution in [0, 0.1) is 0 Å². The van der Waals surface area contributed by atoms with Crippen LogP contribution < -0.4 is 10.1 Å². The van der Waals surface area contributed by atoms with Gasteiger partial charge in [-0.05, 0) is 41.5 Å². The molecule has 2 aliphatic rings. The van der Waals surface area contributed by atoms with Crippen LogP contribution in [0.3, 0.4) is 0 Å². The number of anilines is 1. The molecule has 0 aromatic heterocycles. The zero-order chi connectivity index (χ0) is 27.6. The summed E-state index contributed by atoms with van der Waals surface area (Å²) in [6, 6.07) is 21.4. The fourth-order valence-corrected chi connectivity index (χ4v) is 5.40. The second-order valence-electron chi connectivity index (χ2n) is 8.92. The lowest BCUT2D eigenvalue weighted by molar-refractivity contribution is -0.137. The molecule has 0 fully saturated rings. The average Bonchev–Trinajstić information content (AvgIpc) is 3.53. The van der Waals surface area contributed by atoms with Gasteiger partial charge in [0.1, 0.15) is 11.0 Å². The van der Waals surface area contributed by atoms with Gasteiger partial charge in [-0.15, -0.1) is 0 Å². The van der Waals surface area contributed by atoms with E-state index in [1.807, 2.05) is 54.6 Å². The number of amidine groups is 1. The van der Waals surface area contributed by atoms with Crippen molar-refractivity contribution in [3.8, 4) is 5.75 Å². The van der Waals surface area contributed by atoms with Crippen molar-refractivity contribution in [1.82, 2.24) is 5.01 Å². The Balaban J connectivity index is 1.32. The van der Waals surface area contributed by atoms with Crippen LogP contribution in [0.2, 0.25) is 0 Å². The molecule has 2 heterocycles. The smallest absolute Gasteiger partial charge is 0.416 e. The van der Waals surface area contributed by atoms with Crippen molar-refractivity contribution < 1.29 is 27.5 Å². The number of halogens is 3. The number of carbonyl (C=O) groups is 2. The van der Waals surface area contributed by atoms with Crippen molar-refractivity contribution in [2.45, 2.75) is 30.3 Å². The lowest BCUT2D eigenvalue weighted by atomic mass is 9.98. The van der Waals surface area contributed by atoms with Crippen LogP contribution in [0.5, 0.6) is 5.75 Å². The summed E-state index contributed by atoms with van der Waals surface area (Å²) in [5.41, 5.74) is 1.86. The molecule has 0 saturated carbocycles. The number of ether oxygens (including phenoxy) is 1. The molecule has 0 radical (unpaired) electrons. The number of thioether (sulfide) groups is 1. The van der Waals surface area contributed by atoms with E-state index in [1.165, 1.54) is 12.1 Å². The Labute approximate surface area is 226 Å². The Morgan fingerprint density at radius 3 is 2.51 bits per heavy atom. The van der Waals surface area contributed by atoms with Gasteiger partial charge in [-0.1, -0.05) is 60.3 Å². The highest BCUT2D eigenvalue weighted by atomic mass is 32.2. The van der Waals surface area contributed by atoms with E-state index in [4.69, 9.17) is 9.84 Å². The van der Waals surface area contributed by atoms with Gasteiger partial charge in [0.05, 0.1) is 24.4 Å². The number of nitrogens with one attached hydrogen (secondary N) is 1. The highest BCUT2D eigenvalue weighted by Crippen LogP contribution is 2.39. The van der Waals surface area contributed by atoms with E-state index in [-0.39, 0.29) is 18.2 Å². The van der Waals surface area contributed by atoms with E-state index < -0.39 is 28.8 Å². The molecule has 3 aromatic rings. The normalized spacial score (nSPS) is 19.1. The van der Waals surface area contributed by atoms with Crippen LogP contribution in [0.25, 0.3) is 0 Å². The molecule has 3 aromatic carbocycles. The molecule has 5 rings (SSSR count). The zero-order valence-electron chi connectivity index (χ0n) is 20.7. The molecular formula is C28H23F3N4O3S. The van der Waals surface area contributed by atoms with E-state index in [1.54, 1.807) is 12.1 Å². The van der Waals surface area contributed by atoms with Crippen LogP contribution in [-0.2, 0) is 15.8 Å². The van der Waals surface area contributed by atoms with Gasteiger partial charge in [0.15, 0.2) is 5.17 Å². The third kappa shape index (κ3) is 5.98. The summed E-state index contributed by atoms with van der Waals surface area (Å²) in [4.78, 5) is 29.6. The molecule has 0 aliphatic carbocycles. The van der Waals surface area contributed by atoms with E-state index >= 15 is 0 Å². The topological polar surface area (TPSA) is 83.4 Å². The fraction of sp³-hybridized carbons (Fsp3) is 0.214. The van der Waals surface area contributed by atoms with Crippen molar-refractivity contribution in [2.75, 3.05) is 12.4 Å². The Bertz CT molecular complexity index is 1440. The number of hydrazone groups is 1. The van der Waals surface area contributed by atoms with Gasteiger partial charge in [0.2, 0.25) is 5.91 Å². The Kier molecular flexibility index (Phi) is 7.42. The molecule has 1 N–H and O–H groups in total. The number of rotatable bonds is 6. The van der Waals surface area contributed by atoms with Gasteiger partial charge in [-0.25, -0.2) is 5.01 Å². The molecule has 0 bridgehead atoms. The summed E-state index contributed by atoms with van der Waals surface area (Å²) in [5.74, 6) is -0.369. The molecule has 7 nitrogen and oxygen atoms in total. The van der Waals surface area contributed by atoms with Crippen LogP contribution in [0.15, 0.2) is 89.0 Å². The number of hydrogen-bond donors (Lipinski definition) is 1. The Hall–Kier alpha value is -4.12. The maximum Gasteiger partial charge on any atom is 0.416 e. The molecule has 0 saturated heterocycles. The predicted octanol–water partition coefficient (Wildman–Crippen LogP) is 5.89. The van der Waals surface area contributed by atoms with Gasteiger partial charge >= 0.3 is 6.18 Å². The first kappa shape index (κ1) is 26.5. The molecule has 200 valence electrons. The highest BCUT2D eigenvalue weighted by Gasteiger charge is 2.39. The van der Waals surface area contributed by atoms with E-state index in [9.17, 15) is 22.8 Å². The first-order chi connectivity index (χ1) is 18.7. The van der Waals surface area contributed by atoms with Gasteiger partial charge in [-0.2, -0.15) is 23.3 Å². The van der Waals surface area contributed by atoms with Crippen molar-refractivity contribution in [3.05, 3.63) is 95.6 Å². The number of amides is 2. The maximum absolute atomic E-state index is 13.0. The van der Waals surface area contributed by atoms with Gasteiger partial charge < -0.3 is 10.1 Å². The minimum absolute atomic E-state index is 0.00243. The van der Waals surface area contributed by atoms with Crippen molar-refractivity contribution in [1.29, 1.82) is 0 Å². The maximum atomic E-state index is 13.0. The average molecular weight is 553 g/mol. The third-order valence-electron chi connectivity index (χ3n) is 6.29. The third-order valence-corrected chi connectivity index (χ3v) is 7.43. The van der Waals surface area contributed by atoms with Gasteiger partial charge in [0.25, 0.3) is 5.91 Å². The molecule has 2 unspecified atom stereocenters. The lowest BCUT2D eigenvalue weighted by Crippen LogP contribution is -2.25. The van der Waals surface area contributed by atoms with Gasteiger partial charge in [0, 0.05) is 18.5 Å². The number of carbonyl (C=O) groups excluding carboxylic acids is 2. The quantitative estimate of drug-likeness (QED) is 0.412. The lowest BCUT2D eigenvalue weighted by Gasteiger charge is -2.23. The zero-order valence-corrected chi connectivity index (χ0v) is 21.5.